The van der Waals surface area contributed by atoms with Gasteiger partial charge in [-0.15, -0.1) is 0 Å². The fourth-order valence-corrected chi connectivity index (χ4v) is 3.11. The van der Waals surface area contributed by atoms with E-state index in [0.717, 1.165) is 12.8 Å². The molecule has 4 nitrogen and oxygen atoms in total. The minimum absolute atomic E-state index is 0.130. The average molecular weight is 431 g/mol. The van der Waals surface area contributed by atoms with E-state index < -0.39 is 11.9 Å². The van der Waals surface area contributed by atoms with E-state index in [2.05, 4.69) is 25.7 Å². The van der Waals surface area contributed by atoms with Gasteiger partial charge in [-0.05, 0) is 37.7 Å². The minimum atomic E-state index is -0.976. The Labute approximate surface area is 189 Å². The quantitative estimate of drug-likeness (QED) is 0.150. The van der Waals surface area contributed by atoms with E-state index in [-0.39, 0.29) is 5.57 Å². The summed E-state index contributed by atoms with van der Waals surface area (Å²) in [6.07, 6.45) is 21.2. The van der Waals surface area contributed by atoms with Crippen LogP contribution in [-0.2, 0) is 9.59 Å². The Morgan fingerprint density at radius 1 is 0.774 bits per heavy atom. The van der Waals surface area contributed by atoms with Gasteiger partial charge < -0.3 is 10.2 Å². The molecule has 0 unspecified atom stereocenters. The van der Waals surface area contributed by atoms with Crippen molar-refractivity contribution in [1.82, 2.24) is 0 Å². The Morgan fingerprint density at radius 2 is 1.26 bits per heavy atom. The summed E-state index contributed by atoms with van der Waals surface area (Å²) in [5.74, 6) is -1.64. The molecule has 1 rings (SSSR count). The highest BCUT2D eigenvalue weighted by molar-refractivity contribution is 6.14. The Morgan fingerprint density at radius 3 is 1.74 bits per heavy atom. The second kappa shape index (κ2) is 20.9. The van der Waals surface area contributed by atoms with Gasteiger partial charge >= 0.3 is 11.9 Å². The van der Waals surface area contributed by atoms with Gasteiger partial charge in [0.1, 0.15) is 0 Å². The first-order chi connectivity index (χ1) is 15.0. The molecule has 0 saturated carbocycles. The van der Waals surface area contributed by atoms with Crippen LogP contribution in [0.5, 0.6) is 0 Å². The normalized spacial score (nSPS) is 10.5. The first-order valence-corrected chi connectivity index (χ1v) is 11.8. The van der Waals surface area contributed by atoms with Crippen LogP contribution < -0.4 is 0 Å². The number of unbranched alkanes of at least 4 members (excludes halogenated alkanes) is 11. The van der Waals surface area contributed by atoms with Gasteiger partial charge in [-0.2, -0.15) is 0 Å². The summed E-state index contributed by atoms with van der Waals surface area (Å²) >= 11 is 0. The fourth-order valence-electron chi connectivity index (χ4n) is 3.11. The monoisotopic (exact) mass is 430 g/mol. The highest BCUT2D eigenvalue weighted by atomic mass is 16.4. The zero-order chi connectivity index (χ0) is 23.2. The molecule has 0 aliphatic carbocycles. The first kappa shape index (κ1) is 28.6. The smallest absolute Gasteiger partial charge is 0.335 e. The molecule has 0 spiro atoms. The topological polar surface area (TPSA) is 74.6 Å². The Hall–Kier alpha value is -2.36. The molecule has 1 aromatic rings. The maximum atomic E-state index is 10.4. The van der Waals surface area contributed by atoms with Crippen LogP contribution in [0.15, 0.2) is 49.1 Å². The van der Waals surface area contributed by atoms with Crippen molar-refractivity contribution < 1.29 is 19.8 Å². The molecule has 0 aromatic heterocycles. The lowest BCUT2D eigenvalue weighted by Crippen LogP contribution is -1.96. The van der Waals surface area contributed by atoms with Crippen LogP contribution in [0.1, 0.15) is 102 Å². The molecule has 0 atom stereocenters. The van der Waals surface area contributed by atoms with Crippen molar-refractivity contribution in [2.75, 3.05) is 0 Å². The first-order valence-electron chi connectivity index (χ1n) is 11.8. The molecule has 0 amide bonds. The molecule has 0 bridgehead atoms. The largest absolute Gasteiger partial charge is 0.481 e. The van der Waals surface area contributed by atoms with Gasteiger partial charge in [0.25, 0.3) is 0 Å². The number of benzene rings is 1. The number of hydrogen-bond acceptors (Lipinski definition) is 2. The summed E-state index contributed by atoms with van der Waals surface area (Å²) in [6.45, 7) is 5.68. The van der Waals surface area contributed by atoms with E-state index >= 15 is 0 Å². The van der Waals surface area contributed by atoms with Crippen molar-refractivity contribution in [1.29, 1.82) is 0 Å². The van der Waals surface area contributed by atoms with Crippen molar-refractivity contribution in [3.63, 3.8) is 0 Å². The van der Waals surface area contributed by atoms with Crippen molar-refractivity contribution in [3.8, 4) is 0 Å². The van der Waals surface area contributed by atoms with E-state index in [1.807, 2.05) is 6.07 Å². The maximum Gasteiger partial charge on any atom is 0.335 e. The van der Waals surface area contributed by atoms with Gasteiger partial charge in [0.15, 0.2) is 0 Å². The van der Waals surface area contributed by atoms with Gasteiger partial charge in [-0.25, -0.2) is 4.79 Å². The van der Waals surface area contributed by atoms with E-state index in [1.54, 1.807) is 24.3 Å². The molecular formula is C27H42O4. The maximum absolute atomic E-state index is 10.4. The lowest BCUT2D eigenvalue weighted by atomic mass is 10.1. The van der Waals surface area contributed by atoms with Crippen LogP contribution >= 0.6 is 0 Å². The number of hydrogen-bond donors (Lipinski definition) is 2. The lowest BCUT2D eigenvalue weighted by Gasteiger charge is -1.99. The molecule has 4 heteroatoms. The van der Waals surface area contributed by atoms with Crippen LogP contribution in [0.4, 0.5) is 0 Å². The predicted octanol–water partition coefficient (Wildman–Crippen LogP) is 7.89. The molecule has 0 fully saturated rings. The molecule has 0 radical (unpaired) electrons. The van der Waals surface area contributed by atoms with Crippen LogP contribution in [0.25, 0.3) is 5.57 Å². The zero-order valence-electron chi connectivity index (χ0n) is 19.4. The minimum Gasteiger partial charge on any atom is -0.481 e. The van der Waals surface area contributed by atoms with E-state index in [4.69, 9.17) is 10.2 Å². The SMILES string of the molecule is C=C(C(=O)O)c1ccccc1.CCCCCCCC/C=C\CCCCCCCC(=O)O. The molecule has 1 aromatic carbocycles. The van der Waals surface area contributed by atoms with Crippen LogP contribution in [-0.4, -0.2) is 22.2 Å². The van der Waals surface area contributed by atoms with Crippen LogP contribution in [0.3, 0.4) is 0 Å². The van der Waals surface area contributed by atoms with E-state index in [0.29, 0.717) is 12.0 Å². The Balaban J connectivity index is 0.000000683. The number of aliphatic carboxylic acids is 2. The summed E-state index contributed by atoms with van der Waals surface area (Å²) < 4.78 is 0. The molecule has 31 heavy (non-hydrogen) atoms. The highest BCUT2D eigenvalue weighted by Gasteiger charge is 2.04. The summed E-state index contributed by atoms with van der Waals surface area (Å²) in [5.41, 5.74) is 0.783. The van der Waals surface area contributed by atoms with Gasteiger partial charge in [-0.1, -0.05) is 107 Å². The zero-order valence-corrected chi connectivity index (χ0v) is 19.4. The number of carboxylic acids is 2. The molecule has 0 saturated heterocycles. The molecule has 0 heterocycles. The molecule has 0 aliphatic rings. The average Bonchev–Trinajstić information content (AvgIpc) is 2.76. The second-order valence-electron chi connectivity index (χ2n) is 7.88. The standard InChI is InChI=1S/C18H34O2.C9H8O2/c1-2-3-4-5-6-7-8-9-10-11-12-13-14-15-16-17-18(19)20;1-7(9(10)11)8-5-3-2-4-6-8/h9-10H,2-8,11-17H2,1H3,(H,19,20);2-6H,1H2,(H,10,11)/b10-9-;. The van der Waals surface area contributed by atoms with Crippen molar-refractivity contribution in [2.24, 2.45) is 0 Å². The van der Waals surface area contributed by atoms with Crippen LogP contribution in [0, 0.1) is 0 Å². The van der Waals surface area contributed by atoms with Crippen molar-refractivity contribution in [3.05, 3.63) is 54.6 Å². The fraction of sp³-hybridized carbons (Fsp3) is 0.556. The van der Waals surface area contributed by atoms with Gasteiger partial charge in [0.2, 0.25) is 0 Å². The summed E-state index contributed by atoms with van der Waals surface area (Å²) in [4.78, 5) is 20.7. The Bertz CT molecular complexity index is 619. The second-order valence-corrected chi connectivity index (χ2v) is 7.88. The third kappa shape index (κ3) is 19.4. The summed E-state index contributed by atoms with van der Waals surface area (Å²) in [5, 5.41) is 17.0. The van der Waals surface area contributed by atoms with E-state index in [9.17, 15) is 9.59 Å². The van der Waals surface area contributed by atoms with Crippen molar-refractivity contribution in [2.45, 2.75) is 96.8 Å². The number of carboxylic acid groups (broad SMARTS) is 2. The molecular weight excluding hydrogens is 388 g/mol. The number of rotatable bonds is 17. The van der Waals surface area contributed by atoms with Gasteiger partial charge in [0, 0.05) is 6.42 Å². The number of carbonyl (C=O) groups is 2. The van der Waals surface area contributed by atoms with Crippen LogP contribution in [0.2, 0.25) is 0 Å². The summed E-state index contributed by atoms with van der Waals surface area (Å²) in [6, 6.07) is 8.83. The highest BCUT2D eigenvalue weighted by Crippen LogP contribution is 2.11. The third-order valence-electron chi connectivity index (χ3n) is 5.03. The number of allylic oxidation sites excluding steroid dienone is 2. The van der Waals surface area contributed by atoms with Gasteiger partial charge in [0.05, 0.1) is 5.57 Å². The predicted molar refractivity (Wildman–Crippen MR) is 130 cm³/mol. The summed E-state index contributed by atoms with van der Waals surface area (Å²) in [7, 11) is 0. The molecule has 174 valence electrons. The molecule has 2 N–H and O–H groups in total. The van der Waals surface area contributed by atoms with Crippen molar-refractivity contribution >= 4 is 17.5 Å². The Kier molecular flexibility index (Phi) is 19.3. The third-order valence-corrected chi connectivity index (χ3v) is 5.03. The van der Waals surface area contributed by atoms with Gasteiger partial charge in [-0.3, -0.25) is 4.79 Å². The molecule has 0 aliphatic heterocycles. The lowest BCUT2D eigenvalue weighted by molar-refractivity contribution is -0.137. The van der Waals surface area contributed by atoms with E-state index in [1.165, 1.54) is 70.6 Å².